The van der Waals surface area contributed by atoms with E-state index in [4.69, 9.17) is 4.42 Å². The van der Waals surface area contributed by atoms with Crippen LogP contribution in [0.15, 0.2) is 22.6 Å². The summed E-state index contributed by atoms with van der Waals surface area (Å²) < 4.78 is 31.3. The van der Waals surface area contributed by atoms with E-state index in [2.05, 4.69) is 9.71 Å². The van der Waals surface area contributed by atoms with E-state index in [0.29, 0.717) is 25.3 Å². The molecule has 0 fully saturated rings. The normalized spacial score (nSPS) is 12.1. The highest BCUT2D eigenvalue weighted by Crippen LogP contribution is 2.16. The maximum atomic E-state index is 11.7. The van der Waals surface area contributed by atoms with E-state index in [9.17, 15) is 8.42 Å². The molecule has 1 N–H and O–H groups in total. The van der Waals surface area contributed by atoms with Gasteiger partial charge in [-0.1, -0.05) is 19.4 Å². The summed E-state index contributed by atoms with van der Waals surface area (Å²) in [7, 11) is -3.14. The van der Waals surface area contributed by atoms with Crippen molar-refractivity contribution >= 4 is 21.1 Å². The van der Waals surface area contributed by atoms with Crippen LogP contribution >= 0.6 is 0 Å². The number of benzene rings is 1. The number of nitrogens with zero attached hydrogens (tertiary/aromatic N) is 1. The quantitative estimate of drug-likeness (QED) is 0.851. The molecular formula is C14H20N2O3S. The summed E-state index contributed by atoms with van der Waals surface area (Å²) in [5, 5.41) is 0. The lowest BCUT2D eigenvalue weighted by Crippen LogP contribution is -2.28. The highest BCUT2D eigenvalue weighted by molar-refractivity contribution is 7.89. The molecular weight excluding hydrogens is 276 g/mol. The van der Waals surface area contributed by atoms with E-state index in [1.54, 1.807) is 0 Å². The molecule has 110 valence electrons. The Morgan fingerprint density at radius 1 is 1.35 bits per heavy atom. The van der Waals surface area contributed by atoms with E-state index < -0.39 is 10.0 Å². The number of hydrogen-bond acceptors (Lipinski definition) is 4. The molecule has 1 aromatic carbocycles. The van der Waals surface area contributed by atoms with Crippen LogP contribution in [0.2, 0.25) is 0 Å². The Hall–Kier alpha value is -1.40. The lowest BCUT2D eigenvalue weighted by atomic mass is 10.1. The Morgan fingerprint density at radius 2 is 2.15 bits per heavy atom. The summed E-state index contributed by atoms with van der Waals surface area (Å²) in [6.07, 6.45) is 2.22. The average Bonchev–Trinajstić information content (AvgIpc) is 2.75. The van der Waals surface area contributed by atoms with Gasteiger partial charge in [0.05, 0.1) is 5.75 Å². The standard InChI is InChI=1S/C14H20N2O3S/c1-3-4-9-20(17,18)15-8-7-12-5-6-14-13(10-12)16-11(2)19-14/h5-6,10,15H,3-4,7-9H2,1-2H3. The summed E-state index contributed by atoms with van der Waals surface area (Å²) >= 11 is 0. The van der Waals surface area contributed by atoms with Crippen molar-refractivity contribution in [3.05, 3.63) is 29.7 Å². The van der Waals surface area contributed by atoms with Gasteiger partial charge in [0.15, 0.2) is 11.5 Å². The molecule has 0 aliphatic heterocycles. The number of aryl methyl sites for hydroxylation is 1. The van der Waals surface area contributed by atoms with Crippen LogP contribution in [-0.4, -0.2) is 25.7 Å². The van der Waals surface area contributed by atoms with Gasteiger partial charge in [-0.05, 0) is 30.5 Å². The van der Waals surface area contributed by atoms with Gasteiger partial charge in [0, 0.05) is 13.5 Å². The summed E-state index contributed by atoms with van der Waals surface area (Å²) in [5.41, 5.74) is 2.62. The van der Waals surface area contributed by atoms with Gasteiger partial charge in [0.2, 0.25) is 10.0 Å². The zero-order valence-corrected chi connectivity index (χ0v) is 12.7. The Morgan fingerprint density at radius 3 is 2.90 bits per heavy atom. The molecule has 0 saturated carbocycles. The predicted molar refractivity (Wildman–Crippen MR) is 79.1 cm³/mol. The van der Waals surface area contributed by atoms with Crippen LogP contribution in [0.5, 0.6) is 0 Å². The van der Waals surface area contributed by atoms with E-state index in [-0.39, 0.29) is 5.75 Å². The van der Waals surface area contributed by atoms with Gasteiger partial charge in [-0.2, -0.15) is 0 Å². The van der Waals surface area contributed by atoms with E-state index in [1.807, 2.05) is 32.0 Å². The lowest BCUT2D eigenvalue weighted by molar-refractivity contribution is 0.561. The minimum Gasteiger partial charge on any atom is -0.441 e. The fraction of sp³-hybridized carbons (Fsp3) is 0.500. The first-order valence-electron chi connectivity index (χ1n) is 6.83. The molecule has 6 heteroatoms. The van der Waals surface area contributed by atoms with Crippen molar-refractivity contribution in [2.24, 2.45) is 0 Å². The largest absolute Gasteiger partial charge is 0.441 e. The Bertz CT molecular complexity index is 677. The van der Waals surface area contributed by atoms with E-state index in [1.165, 1.54) is 0 Å². The first-order chi connectivity index (χ1) is 9.50. The molecule has 5 nitrogen and oxygen atoms in total. The zero-order chi connectivity index (χ0) is 14.6. The number of aromatic nitrogens is 1. The molecule has 0 unspecified atom stereocenters. The van der Waals surface area contributed by atoms with Gasteiger partial charge in [-0.3, -0.25) is 0 Å². The fourth-order valence-corrected chi connectivity index (χ4v) is 3.23. The minimum atomic E-state index is -3.14. The second-order valence-electron chi connectivity index (χ2n) is 4.85. The van der Waals surface area contributed by atoms with Gasteiger partial charge >= 0.3 is 0 Å². The average molecular weight is 296 g/mol. The second kappa shape index (κ2) is 6.37. The summed E-state index contributed by atoms with van der Waals surface area (Å²) in [6, 6.07) is 5.75. The van der Waals surface area contributed by atoms with Gasteiger partial charge in [0.25, 0.3) is 0 Å². The number of nitrogens with one attached hydrogen (secondary N) is 1. The molecule has 2 aromatic rings. The topological polar surface area (TPSA) is 72.2 Å². The first kappa shape index (κ1) is 15.0. The van der Waals surface area contributed by atoms with Crippen LogP contribution in [-0.2, 0) is 16.4 Å². The van der Waals surface area contributed by atoms with Crippen molar-refractivity contribution in [2.75, 3.05) is 12.3 Å². The molecule has 1 heterocycles. The van der Waals surface area contributed by atoms with Gasteiger partial charge in [0.1, 0.15) is 5.52 Å². The van der Waals surface area contributed by atoms with Crippen molar-refractivity contribution in [2.45, 2.75) is 33.1 Å². The third kappa shape index (κ3) is 4.05. The number of hydrogen-bond donors (Lipinski definition) is 1. The highest BCUT2D eigenvalue weighted by Gasteiger charge is 2.09. The number of unbranched alkanes of at least 4 members (excludes halogenated alkanes) is 1. The van der Waals surface area contributed by atoms with Crippen molar-refractivity contribution in [3.8, 4) is 0 Å². The summed E-state index contributed by atoms with van der Waals surface area (Å²) in [4.78, 5) is 4.27. The third-order valence-corrected chi connectivity index (χ3v) is 4.53. The molecule has 0 saturated heterocycles. The number of rotatable bonds is 7. The summed E-state index contributed by atoms with van der Waals surface area (Å²) in [5.74, 6) is 0.836. The van der Waals surface area contributed by atoms with Crippen molar-refractivity contribution < 1.29 is 12.8 Å². The van der Waals surface area contributed by atoms with Crippen LogP contribution in [0.3, 0.4) is 0 Å². The van der Waals surface area contributed by atoms with Crippen LogP contribution < -0.4 is 4.72 Å². The molecule has 2 rings (SSSR count). The second-order valence-corrected chi connectivity index (χ2v) is 6.78. The van der Waals surface area contributed by atoms with Crippen molar-refractivity contribution in [1.82, 2.24) is 9.71 Å². The number of sulfonamides is 1. The zero-order valence-electron chi connectivity index (χ0n) is 11.8. The maximum absolute atomic E-state index is 11.7. The Labute approximate surface area is 119 Å². The monoisotopic (exact) mass is 296 g/mol. The maximum Gasteiger partial charge on any atom is 0.211 e. The van der Waals surface area contributed by atoms with Crippen LogP contribution in [0.25, 0.3) is 11.1 Å². The molecule has 0 aliphatic rings. The SMILES string of the molecule is CCCCS(=O)(=O)NCCc1ccc2oc(C)nc2c1. The molecule has 20 heavy (non-hydrogen) atoms. The van der Waals surface area contributed by atoms with Gasteiger partial charge in [-0.25, -0.2) is 18.1 Å². The van der Waals surface area contributed by atoms with Crippen LogP contribution in [0, 0.1) is 6.92 Å². The van der Waals surface area contributed by atoms with E-state index in [0.717, 1.165) is 23.1 Å². The number of fused-ring (bicyclic) bond motifs is 1. The highest BCUT2D eigenvalue weighted by atomic mass is 32.2. The first-order valence-corrected chi connectivity index (χ1v) is 8.49. The Balaban J connectivity index is 1.92. The number of oxazole rings is 1. The third-order valence-electron chi connectivity index (χ3n) is 3.06. The van der Waals surface area contributed by atoms with Crippen LogP contribution in [0.1, 0.15) is 31.2 Å². The van der Waals surface area contributed by atoms with Crippen molar-refractivity contribution in [3.63, 3.8) is 0 Å². The lowest BCUT2D eigenvalue weighted by Gasteiger charge is -2.06. The Kier molecular flexibility index (Phi) is 4.77. The van der Waals surface area contributed by atoms with Gasteiger partial charge < -0.3 is 4.42 Å². The van der Waals surface area contributed by atoms with Crippen molar-refractivity contribution in [1.29, 1.82) is 0 Å². The minimum absolute atomic E-state index is 0.199. The molecule has 0 radical (unpaired) electrons. The molecule has 1 aromatic heterocycles. The van der Waals surface area contributed by atoms with E-state index >= 15 is 0 Å². The van der Waals surface area contributed by atoms with Gasteiger partial charge in [-0.15, -0.1) is 0 Å². The summed E-state index contributed by atoms with van der Waals surface area (Å²) in [6.45, 7) is 4.20. The smallest absolute Gasteiger partial charge is 0.211 e. The molecule has 0 atom stereocenters. The molecule has 0 spiro atoms. The fourth-order valence-electron chi connectivity index (χ4n) is 2.00. The predicted octanol–water partition coefficient (Wildman–Crippen LogP) is 2.40. The molecule has 0 aliphatic carbocycles. The van der Waals surface area contributed by atoms with Crippen LogP contribution in [0.4, 0.5) is 0 Å². The molecule has 0 amide bonds. The molecule has 0 bridgehead atoms.